The summed E-state index contributed by atoms with van der Waals surface area (Å²) in [6, 6.07) is 3.99. The lowest BCUT2D eigenvalue weighted by Gasteiger charge is -2.13. The fourth-order valence-electron chi connectivity index (χ4n) is 2.54. The molecule has 0 fully saturated rings. The zero-order valence-corrected chi connectivity index (χ0v) is 14.9. The average Bonchev–Trinajstić information content (AvgIpc) is 2.88. The molecule has 2 rings (SSSR count). The van der Waals surface area contributed by atoms with Crippen LogP contribution in [0.5, 0.6) is 0 Å². The maximum atomic E-state index is 12.2. The van der Waals surface area contributed by atoms with Crippen LogP contribution < -0.4 is 10.6 Å². The molecule has 0 aliphatic rings. The van der Waals surface area contributed by atoms with Crippen LogP contribution in [-0.4, -0.2) is 34.2 Å². The second kappa shape index (κ2) is 8.47. The Labute approximate surface area is 143 Å². The number of nitrogens with one attached hydrogen (secondary N) is 3. The minimum absolute atomic E-state index is 0.0632. The first kappa shape index (κ1) is 18.0. The number of nitrogens with zero attached hydrogens (tertiary/aromatic N) is 2. The van der Waals surface area contributed by atoms with Gasteiger partial charge in [-0.2, -0.15) is 5.10 Å². The van der Waals surface area contributed by atoms with Crippen LogP contribution in [0, 0.1) is 26.7 Å². The molecule has 2 aromatic rings. The first-order valence-corrected chi connectivity index (χ1v) is 8.42. The fraction of sp³-hybridized carbons (Fsp3) is 0.500. The molecule has 1 unspecified atom stereocenters. The Balaban J connectivity index is 1.66. The predicted octanol–water partition coefficient (Wildman–Crippen LogP) is 2.53. The molecule has 0 aliphatic heterocycles. The van der Waals surface area contributed by atoms with Gasteiger partial charge in [-0.1, -0.05) is 13.0 Å². The molecule has 130 valence electrons. The van der Waals surface area contributed by atoms with Gasteiger partial charge in [-0.3, -0.25) is 9.89 Å². The van der Waals surface area contributed by atoms with Gasteiger partial charge in [-0.05, 0) is 50.8 Å². The number of H-pyrrole nitrogens is 1. The fourth-order valence-corrected chi connectivity index (χ4v) is 2.54. The number of rotatable bonds is 8. The number of carbonyl (C=O) groups excluding carboxylic acids is 1. The van der Waals surface area contributed by atoms with Crippen molar-refractivity contribution in [3.63, 3.8) is 0 Å². The van der Waals surface area contributed by atoms with Gasteiger partial charge >= 0.3 is 0 Å². The number of carbonyl (C=O) groups is 1. The van der Waals surface area contributed by atoms with Crippen molar-refractivity contribution < 1.29 is 4.79 Å². The van der Waals surface area contributed by atoms with E-state index in [9.17, 15) is 4.79 Å². The van der Waals surface area contributed by atoms with Gasteiger partial charge in [0.25, 0.3) is 0 Å². The largest absolute Gasteiger partial charge is 0.370 e. The summed E-state index contributed by atoms with van der Waals surface area (Å²) in [5, 5.41) is 13.4. The summed E-state index contributed by atoms with van der Waals surface area (Å²) in [6.07, 6.45) is 3.41. The summed E-state index contributed by atoms with van der Waals surface area (Å²) >= 11 is 0. The van der Waals surface area contributed by atoms with Crippen LogP contribution in [0.4, 0.5) is 5.82 Å². The molecule has 0 bridgehead atoms. The van der Waals surface area contributed by atoms with Crippen LogP contribution in [0.15, 0.2) is 18.3 Å². The molecule has 6 heteroatoms. The topological polar surface area (TPSA) is 82.7 Å². The molecule has 1 atom stereocenters. The van der Waals surface area contributed by atoms with E-state index in [4.69, 9.17) is 0 Å². The lowest BCUT2D eigenvalue weighted by atomic mass is 9.99. The van der Waals surface area contributed by atoms with Gasteiger partial charge in [-0.15, -0.1) is 0 Å². The van der Waals surface area contributed by atoms with Crippen LogP contribution in [-0.2, 0) is 11.2 Å². The van der Waals surface area contributed by atoms with Crippen molar-refractivity contribution in [2.45, 2.75) is 40.5 Å². The Hall–Kier alpha value is -2.37. The second-order valence-corrected chi connectivity index (χ2v) is 6.31. The van der Waals surface area contributed by atoms with E-state index in [0.717, 1.165) is 41.3 Å². The van der Waals surface area contributed by atoms with E-state index in [2.05, 4.69) is 25.8 Å². The van der Waals surface area contributed by atoms with Gasteiger partial charge in [0.05, 0.1) is 5.69 Å². The predicted molar refractivity (Wildman–Crippen MR) is 96.0 cm³/mol. The molecule has 0 saturated heterocycles. The zero-order valence-electron chi connectivity index (χ0n) is 14.9. The molecule has 6 nitrogen and oxygen atoms in total. The summed E-state index contributed by atoms with van der Waals surface area (Å²) in [4.78, 5) is 16.5. The third-order valence-corrected chi connectivity index (χ3v) is 4.11. The van der Waals surface area contributed by atoms with E-state index < -0.39 is 0 Å². The van der Waals surface area contributed by atoms with Crippen molar-refractivity contribution in [3.05, 3.63) is 40.8 Å². The summed E-state index contributed by atoms with van der Waals surface area (Å²) in [6.45, 7) is 9.37. The normalized spacial score (nSPS) is 12.0. The minimum Gasteiger partial charge on any atom is -0.370 e. The lowest BCUT2D eigenvalue weighted by Crippen LogP contribution is -2.32. The van der Waals surface area contributed by atoms with E-state index in [1.165, 1.54) is 0 Å². The van der Waals surface area contributed by atoms with Crippen molar-refractivity contribution >= 4 is 11.7 Å². The Bertz CT molecular complexity index is 643. The number of amides is 1. The standard InChI is InChI=1S/C18H27N5O/c1-12-6-7-17(21-11-12)19-8-5-9-20-18(24)13(2)10-16-14(3)22-23-15(16)4/h6-7,11,13H,5,8-10H2,1-4H3,(H,19,21)(H,20,24)(H,22,23). The molecule has 0 radical (unpaired) electrons. The van der Waals surface area contributed by atoms with Crippen molar-refractivity contribution in [1.82, 2.24) is 20.5 Å². The van der Waals surface area contributed by atoms with Gasteiger partial charge < -0.3 is 10.6 Å². The number of aryl methyl sites for hydroxylation is 3. The number of aromatic nitrogens is 3. The molecule has 0 aliphatic carbocycles. The number of aromatic amines is 1. The van der Waals surface area contributed by atoms with Crippen LogP contribution in [0.2, 0.25) is 0 Å². The van der Waals surface area contributed by atoms with Gasteiger partial charge in [0.2, 0.25) is 5.91 Å². The summed E-state index contributed by atoms with van der Waals surface area (Å²) in [5.74, 6) is 0.890. The minimum atomic E-state index is -0.0632. The molecule has 2 aromatic heterocycles. The number of pyridine rings is 1. The average molecular weight is 329 g/mol. The maximum Gasteiger partial charge on any atom is 0.223 e. The van der Waals surface area contributed by atoms with Crippen LogP contribution in [0.25, 0.3) is 0 Å². The van der Waals surface area contributed by atoms with Gasteiger partial charge in [-0.25, -0.2) is 4.98 Å². The Morgan fingerprint density at radius 2 is 2.04 bits per heavy atom. The smallest absolute Gasteiger partial charge is 0.223 e. The van der Waals surface area contributed by atoms with E-state index in [-0.39, 0.29) is 11.8 Å². The van der Waals surface area contributed by atoms with Gasteiger partial charge in [0, 0.05) is 30.9 Å². The number of hydrogen-bond acceptors (Lipinski definition) is 4. The second-order valence-electron chi connectivity index (χ2n) is 6.31. The van der Waals surface area contributed by atoms with E-state index in [1.54, 1.807) is 0 Å². The third kappa shape index (κ3) is 5.08. The summed E-state index contributed by atoms with van der Waals surface area (Å²) in [7, 11) is 0. The molecule has 0 saturated carbocycles. The zero-order chi connectivity index (χ0) is 17.5. The summed E-state index contributed by atoms with van der Waals surface area (Å²) in [5.41, 5.74) is 4.30. The van der Waals surface area contributed by atoms with E-state index >= 15 is 0 Å². The Morgan fingerprint density at radius 1 is 1.25 bits per heavy atom. The van der Waals surface area contributed by atoms with Gasteiger partial charge in [0.15, 0.2) is 0 Å². The third-order valence-electron chi connectivity index (χ3n) is 4.11. The van der Waals surface area contributed by atoms with Crippen molar-refractivity contribution in [2.75, 3.05) is 18.4 Å². The Kier molecular flexibility index (Phi) is 6.35. The number of hydrogen-bond donors (Lipinski definition) is 3. The van der Waals surface area contributed by atoms with E-state index in [0.29, 0.717) is 13.0 Å². The highest BCUT2D eigenvalue weighted by atomic mass is 16.1. The molecule has 0 spiro atoms. The number of anilines is 1. The highest BCUT2D eigenvalue weighted by molar-refractivity contribution is 5.78. The molecule has 2 heterocycles. The summed E-state index contributed by atoms with van der Waals surface area (Å²) < 4.78 is 0. The first-order valence-electron chi connectivity index (χ1n) is 8.42. The quantitative estimate of drug-likeness (QED) is 0.650. The van der Waals surface area contributed by atoms with E-state index in [1.807, 2.05) is 46.0 Å². The first-order chi connectivity index (χ1) is 11.5. The molecular formula is C18H27N5O. The molecule has 24 heavy (non-hydrogen) atoms. The molecule has 3 N–H and O–H groups in total. The van der Waals surface area contributed by atoms with Gasteiger partial charge in [0.1, 0.15) is 5.82 Å². The van der Waals surface area contributed by atoms with Crippen molar-refractivity contribution in [1.29, 1.82) is 0 Å². The van der Waals surface area contributed by atoms with Crippen LogP contribution in [0.1, 0.15) is 35.9 Å². The molecule has 1 amide bonds. The maximum absolute atomic E-state index is 12.2. The molecule has 0 aromatic carbocycles. The van der Waals surface area contributed by atoms with Crippen LogP contribution >= 0.6 is 0 Å². The van der Waals surface area contributed by atoms with Crippen molar-refractivity contribution in [3.8, 4) is 0 Å². The SMILES string of the molecule is Cc1ccc(NCCCNC(=O)C(C)Cc2c(C)n[nH]c2C)nc1. The molecular weight excluding hydrogens is 302 g/mol. The lowest BCUT2D eigenvalue weighted by molar-refractivity contribution is -0.124. The highest BCUT2D eigenvalue weighted by Gasteiger charge is 2.16. The monoisotopic (exact) mass is 329 g/mol. The van der Waals surface area contributed by atoms with Crippen molar-refractivity contribution in [2.24, 2.45) is 5.92 Å². The highest BCUT2D eigenvalue weighted by Crippen LogP contribution is 2.15. The Morgan fingerprint density at radius 3 is 2.67 bits per heavy atom. The van der Waals surface area contributed by atoms with Crippen LogP contribution in [0.3, 0.4) is 0 Å².